The zero-order valence-corrected chi connectivity index (χ0v) is 11.9. The molecule has 0 amide bonds. The lowest BCUT2D eigenvalue weighted by Crippen LogP contribution is -2.24. The summed E-state index contributed by atoms with van der Waals surface area (Å²) in [5, 5.41) is 0. The molecule has 4 heteroatoms. The molecule has 19 heavy (non-hydrogen) atoms. The van der Waals surface area contributed by atoms with Gasteiger partial charge in [-0.2, -0.15) is 0 Å². The van der Waals surface area contributed by atoms with E-state index in [1.165, 1.54) is 7.11 Å². The summed E-state index contributed by atoms with van der Waals surface area (Å²) in [7, 11) is 1.34. The highest BCUT2D eigenvalue weighted by Gasteiger charge is 2.17. The quantitative estimate of drug-likeness (QED) is 0.785. The molecular formula is C15H20O4. The molecule has 0 heterocycles. The van der Waals surface area contributed by atoms with Crippen molar-refractivity contribution >= 4 is 11.9 Å². The van der Waals surface area contributed by atoms with Gasteiger partial charge >= 0.3 is 11.9 Å². The molecule has 1 rings (SSSR count). The number of methoxy groups -OCH3 is 1. The Kier molecular flexibility index (Phi) is 5.10. The first-order valence-electron chi connectivity index (χ1n) is 6.21. The minimum Gasteiger partial charge on any atom is -0.465 e. The summed E-state index contributed by atoms with van der Waals surface area (Å²) in [6.45, 7) is 5.48. The first kappa shape index (κ1) is 15.2. The molecule has 0 saturated heterocycles. The Morgan fingerprint density at radius 3 is 2.37 bits per heavy atom. The minimum atomic E-state index is -0.487. The van der Waals surface area contributed by atoms with Gasteiger partial charge in [0.15, 0.2) is 0 Å². The third-order valence-electron chi connectivity index (χ3n) is 2.44. The molecule has 0 saturated carbocycles. The molecule has 0 spiro atoms. The molecule has 104 valence electrons. The second-order valence-electron chi connectivity index (χ2n) is 5.24. The van der Waals surface area contributed by atoms with Gasteiger partial charge in [0.05, 0.1) is 12.7 Å². The highest BCUT2D eigenvalue weighted by atomic mass is 16.6. The van der Waals surface area contributed by atoms with Crippen LogP contribution in [0.5, 0.6) is 0 Å². The molecule has 0 aliphatic carbocycles. The van der Waals surface area contributed by atoms with Crippen LogP contribution in [0.3, 0.4) is 0 Å². The topological polar surface area (TPSA) is 52.6 Å². The lowest BCUT2D eigenvalue weighted by molar-refractivity contribution is -0.154. The molecule has 1 aromatic rings. The fraction of sp³-hybridized carbons (Fsp3) is 0.467. The maximum absolute atomic E-state index is 11.6. The lowest BCUT2D eigenvalue weighted by atomic mass is 10.0. The van der Waals surface area contributed by atoms with Crippen molar-refractivity contribution in [2.75, 3.05) is 7.11 Å². The van der Waals surface area contributed by atoms with Gasteiger partial charge < -0.3 is 9.47 Å². The van der Waals surface area contributed by atoms with Crippen LogP contribution in [0.1, 0.15) is 43.1 Å². The summed E-state index contributed by atoms with van der Waals surface area (Å²) in [4.78, 5) is 23.2. The molecular weight excluding hydrogens is 244 g/mol. The molecule has 0 atom stereocenters. The van der Waals surface area contributed by atoms with E-state index in [1.807, 2.05) is 32.9 Å². The maximum Gasteiger partial charge on any atom is 0.338 e. The summed E-state index contributed by atoms with van der Waals surface area (Å²) >= 11 is 0. The second kappa shape index (κ2) is 6.36. The number of ether oxygens (including phenoxy) is 2. The Labute approximate surface area is 113 Å². The number of benzene rings is 1. The number of carbonyl (C=O) groups excluding carboxylic acids is 2. The van der Waals surface area contributed by atoms with Crippen molar-refractivity contribution in [3.63, 3.8) is 0 Å². The van der Waals surface area contributed by atoms with Gasteiger partial charge in [-0.3, -0.25) is 4.79 Å². The Hall–Kier alpha value is -1.84. The zero-order chi connectivity index (χ0) is 14.5. The van der Waals surface area contributed by atoms with E-state index in [0.717, 1.165) is 5.56 Å². The molecule has 1 aromatic carbocycles. The van der Waals surface area contributed by atoms with E-state index in [2.05, 4.69) is 0 Å². The lowest BCUT2D eigenvalue weighted by Gasteiger charge is -2.19. The molecule has 0 aliphatic rings. The van der Waals surface area contributed by atoms with Gasteiger partial charge in [0, 0.05) is 6.42 Å². The fourth-order valence-corrected chi connectivity index (χ4v) is 1.68. The Bertz CT molecular complexity index is 457. The number of carbonyl (C=O) groups is 2. The van der Waals surface area contributed by atoms with Crippen molar-refractivity contribution in [3.8, 4) is 0 Å². The highest BCUT2D eigenvalue weighted by molar-refractivity contribution is 5.91. The molecule has 0 unspecified atom stereocenters. The standard InChI is InChI=1S/C15H20O4/c1-15(2,3)19-13(16)10-9-11-7-5-6-8-12(11)14(17)18-4/h5-8H,9-10H2,1-4H3. The van der Waals surface area contributed by atoms with E-state index in [0.29, 0.717) is 12.0 Å². The van der Waals surface area contributed by atoms with E-state index in [-0.39, 0.29) is 18.4 Å². The van der Waals surface area contributed by atoms with Crippen LogP contribution in [0.15, 0.2) is 24.3 Å². The predicted molar refractivity (Wildman–Crippen MR) is 71.9 cm³/mol. The van der Waals surface area contributed by atoms with Crippen LogP contribution < -0.4 is 0 Å². The van der Waals surface area contributed by atoms with Crippen LogP contribution in [0, 0.1) is 0 Å². The van der Waals surface area contributed by atoms with E-state index >= 15 is 0 Å². The van der Waals surface area contributed by atoms with Crippen LogP contribution in [-0.4, -0.2) is 24.6 Å². The van der Waals surface area contributed by atoms with Crippen LogP contribution >= 0.6 is 0 Å². The van der Waals surface area contributed by atoms with Gasteiger partial charge in [-0.1, -0.05) is 18.2 Å². The molecule has 0 N–H and O–H groups in total. The number of hydrogen-bond donors (Lipinski definition) is 0. The highest BCUT2D eigenvalue weighted by Crippen LogP contribution is 2.14. The first-order valence-corrected chi connectivity index (χ1v) is 6.21. The van der Waals surface area contributed by atoms with Crippen molar-refractivity contribution in [3.05, 3.63) is 35.4 Å². The number of hydrogen-bond acceptors (Lipinski definition) is 4. The van der Waals surface area contributed by atoms with Crippen LogP contribution in [0.2, 0.25) is 0 Å². The first-order chi connectivity index (χ1) is 8.83. The largest absolute Gasteiger partial charge is 0.465 e. The van der Waals surface area contributed by atoms with Gasteiger partial charge in [0.1, 0.15) is 5.60 Å². The Morgan fingerprint density at radius 2 is 1.79 bits per heavy atom. The van der Waals surface area contributed by atoms with Crippen molar-refractivity contribution in [1.29, 1.82) is 0 Å². The molecule has 0 fully saturated rings. The normalized spacial score (nSPS) is 10.9. The number of aryl methyl sites for hydroxylation is 1. The minimum absolute atomic E-state index is 0.241. The van der Waals surface area contributed by atoms with E-state index in [1.54, 1.807) is 12.1 Å². The Morgan fingerprint density at radius 1 is 1.16 bits per heavy atom. The van der Waals surface area contributed by atoms with Crippen LogP contribution in [0.25, 0.3) is 0 Å². The van der Waals surface area contributed by atoms with Gasteiger partial charge in [-0.15, -0.1) is 0 Å². The van der Waals surface area contributed by atoms with Crippen molar-refractivity contribution in [2.45, 2.75) is 39.2 Å². The van der Waals surface area contributed by atoms with E-state index in [9.17, 15) is 9.59 Å². The second-order valence-corrected chi connectivity index (χ2v) is 5.24. The summed E-state index contributed by atoms with van der Waals surface area (Å²) < 4.78 is 9.94. The predicted octanol–water partition coefficient (Wildman–Crippen LogP) is 2.75. The van der Waals surface area contributed by atoms with E-state index < -0.39 is 5.60 Å². The smallest absolute Gasteiger partial charge is 0.338 e. The van der Waals surface area contributed by atoms with Crippen LogP contribution in [0.4, 0.5) is 0 Å². The number of esters is 2. The molecule has 0 radical (unpaired) electrons. The molecule has 4 nitrogen and oxygen atoms in total. The zero-order valence-electron chi connectivity index (χ0n) is 11.9. The fourth-order valence-electron chi connectivity index (χ4n) is 1.68. The van der Waals surface area contributed by atoms with Gasteiger partial charge in [0.2, 0.25) is 0 Å². The third kappa shape index (κ3) is 5.12. The molecule has 0 aromatic heterocycles. The SMILES string of the molecule is COC(=O)c1ccccc1CCC(=O)OC(C)(C)C. The van der Waals surface area contributed by atoms with Gasteiger partial charge in [-0.05, 0) is 38.8 Å². The van der Waals surface area contributed by atoms with Gasteiger partial charge in [0.25, 0.3) is 0 Å². The summed E-state index contributed by atoms with van der Waals surface area (Å²) in [6.07, 6.45) is 0.700. The average Bonchev–Trinajstić information content (AvgIpc) is 2.33. The third-order valence-corrected chi connectivity index (χ3v) is 2.44. The average molecular weight is 264 g/mol. The van der Waals surface area contributed by atoms with Crippen molar-refractivity contribution < 1.29 is 19.1 Å². The van der Waals surface area contributed by atoms with Crippen LogP contribution in [-0.2, 0) is 20.7 Å². The molecule has 0 bridgehead atoms. The monoisotopic (exact) mass is 264 g/mol. The summed E-state index contributed by atoms with van der Waals surface area (Å²) in [5.41, 5.74) is 0.799. The van der Waals surface area contributed by atoms with Crippen molar-refractivity contribution in [2.24, 2.45) is 0 Å². The van der Waals surface area contributed by atoms with Gasteiger partial charge in [-0.25, -0.2) is 4.79 Å². The summed E-state index contributed by atoms with van der Waals surface area (Å²) in [6, 6.07) is 7.10. The number of rotatable bonds is 4. The Balaban J connectivity index is 2.68. The van der Waals surface area contributed by atoms with E-state index in [4.69, 9.17) is 9.47 Å². The van der Waals surface area contributed by atoms with Crippen molar-refractivity contribution in [1.82, 2.24) is 0 Å². The summed E-state index contributed by atoms with van der Waals surface area (Å²) in [5.74, 6) is -0.660. The maximum atomic E-state index is 11.6. The molecule has 0 aliphatic heterocycles.